The summed E-state index contributed by atoms with van der Waals surface area (Å²) in [7, 11) is 1.34. The van der Waals surface area contributed by atoms with E-state index in [0.29, 0.717) is 24.0 Å². The minimum atomic E-state index is -0.481. The lowest BCUT2D eigenvalue weighted by Crippen LogP contribution is -3.17. The van der Waals surface area contributed by atoms with Crippen LogP contribution in [0.25, 0.3) is 10.9 Å². The fourth-order valence-electron chi connectivity index (χ4n) is 3.96. The zero-order valence-electron chi connectivity index (χ0n) is 15.8. The van der Waals surface area contributed by atoms with Crippen molar-refractivity contribution in [2.45, 2.75) is 45.6 Å². The molecule has 6 nitrogen and oxygen atoms in total. The molecular formula is C20H28N3O3+. The van der Waals surface area contributed by atoms with Gasteiger partial charge in [-0.15, -0.1) is 0 Å². The number of aromatic amines is 1. The number of carbonyl (C=O) groups excluding carboxylic acids is 2. The van der Waals surface area contributed by atoms with E-state index in [2.05, 4.69) is 17.2 Å². The van der Waals surface area contributed by atoms with Crippen LogP contribution in [0, 0.1) is 6.92 Å². The van der Waals surface area contributed by atoms with Crippen LogP contribution in [-0.4, -0.2) is 43.1 Å². The lowest BCUT2D eigenvalue weighted by molar-refractivity contribution is -0.923. The first kappa shape index (κ1) is 18.5. The molecule has 0 spiro atoms. The SMILES string of the molecule is CC[C@@H]1CCCC[NH+]1CC(=O)Nc1c(C(=O)OC)[nH]c2cc(C)ccc12. The van der Waals surface area contributed by atoms with Crippen molar-refractivity contribution in [3.63, 3.8) is 0 Å². The first-order valence-electron chi connectivity index (χ1n) is 9.38. The second-order valence-electron chi connectivity index (χ2n) is 7.15. The average Bonchev–Trinajstić information content (AvgIpc) is 2.98. The number of fused-ring (bicyclic) bond motifs is 1. The summed E-state index contributed by atoms with van der Waals surface area (Å²) in [5.74, 6) is -0.544. The predicted molar refractivity (Wildman–Crippen MR) is 102 cm³/mol. The number of benzene rings is 1. The number of aromatic nitrogens is 1. The summed E-state index contributed by atoms with van der Waals surface area (Å²) in [6.07, 6.45) is 4.68. The van der Waals surface area contributed by atoms with Crippen molar-refractivity contribution >= 4 is 28.5 Å². The molecule has 1 fully saturated rings. The molecule has 1 aliphatic rings. The van der Waals surface area contributed by atoms with Crippen LogP contribution in [-0.2, 0) is 9.53 Å². The maximum atomic E-state index is 12.7. The minimum absolute atomic E-state index is 0.0630. The van der Waals surface area contributed by atoms with E-state index in [-0.39, 0.29) is 5.91 Å². The zero-order chi connectivity index (χ0) is 18.7. The van der Waals surface area contributed by atoms with Crippen molar-refractivity contribution in [3.8, 4) is 0 Å². The number of piperidine rings is 1. The Morgan fingerprint density at radius 2 is 2.15 bits per heavy atom. The molecule has 3 rings (SSSR count). The Kier molecular flexibility index (Phi) is 5.61. The number of quaternary nitrogens is 1. The number of hydrogen-bond acceptors (Lipinski definition) is 3. The third-order valence-corrected chi connectivity index (χ3v) is 5.37. The number of amides is 1. The van der Waals surface area contributed by atoms with E-state index >= 15 is 0 Å². The van der Waals surface area contributed by atoms with E-state index in [0.717, 1.165) is 29.4 Å². The van der Waals surface area contributed by atoms with Crippen molar-refractivity contribution in [2.24, 2.45) is 0 Å². The zero-order valence-corrected chi connectivity index (χ0v) is 15.8. The number of rotatable bonds is 5. The van der Waals surface area contributed by atoms with Gasteiger partial charge in [0.2, 0.25) is 0 Å². The van der Waals surface area contributed by atoms with Crippen LogP contribution < -0.4 is 10.2 Å². The highest BCUT2D eigenvalue weighted by Crippen LogP contribution is 2.29. The van der Waals surface area contributed by atoms with Crippen molar-refractivity contribution in [1.29, 1.82) is 0 Å². The number of hydrogen-bond donors (Lipinski definition) is 3. The maximum absolute atomic E-state index is 12.7. The summed E-state index contributed by atoms with van der Waals surface area (Å²) in [5, 5.41) is 3.79. The molecule has 1 amide bonds. The van der Waals surface area contributed by atoms with E-state index in [1.165, 1.54) is 31.3 Å². The highest BCUT2D eigenvalue weighted by atomic mass is 16.5. The average molecular weight is 358 g/mol. The normalized spacial score (nSPS) is 20.1. The smallest absolute Gasteiger partial charge is 0.356 e. The van der Waals surface area contributed by atoms with Crippen molar-refractivity contribution in [2.75, 3.05) is 25.5 Å². The minimum Gasteiger partial charge on any atom is -0.464 e. The molecule has 2 atom stereocenters. The molecule has 0 radical (unpaired) electrons. The van der Waals surface area contributed by atoms with E-state index in [4.69, 9.17) is 4.74 Å². The number of methoxy groups -OCH3 is 1. The van der Waals surface area contributed by atoms with Crippen LogP contribution in [0.3, 0.4) is 0 Å². The van der Waals surface area contributed by atoms with Gasteiger partial charge in [0.15, 0.2) is 6.54 Å². The van der Waals surface area contributed by atoms with Gasteiger partial charge in [-0.2, -0.15) is 0 Å². The monoisotopic (exact) mass is 358 g/mol. The van der Waals surface area contributed by atoms with Crippen LogP contribution in [0.1, 0.15) is 48.7 Å². The second kappa shape index (κ2) is 7.91. The molecule has 2 aromatic rings. The Morgan fingerprint density at radius 3 is 2.88 bits per heavy atom. The number of ether oxygens (including phenoxy) is 1. The Morgan fingerprint density at radius 1 is 1.35 bits per heavy atom. The van der Waals surface area contributed by atoms with Crippen molar-refractivity contribution in [1.82, 2.24) is 4.98 Å². The number of aryl methyl sites for hydroxylation is 1. The molecule has 1 aromatic carbocycles. The van der Waals surface area contributed by atoms with Gasteiger partial charge in [-0.3, -0.25) is 4.79 Å². The van der Waals surface area contributed by atoms with E-state index < -0.39 is 5.97 Å². The summed E-state index contributed by atoms with van der Waals surface area (Å²) in [6, 6.07) is 6.39. The van der Waals surface area contributed by atoms with Crippen molar-refractivity contribution in [3.05, 3.63) is 29.5 Å². The van der Waals surface area contributed by atoms with E-state index in [1.807, 2.05) is 25.1 Å². The molecule has 1 aliphatic heterocycles. The highest BCUT2D eigenvalue weighted by Gasteiger charge is 2.28. The Bertz CT molecular complexity index is 812. The number of H-pyrrole nitrogens is 1. The molecular weight excluding hydrogens is 330 g/mol. The molecule has 1 saturated heterocycles. The molecule has 1 aromatic heterocycles. The van der Waals surface area contributed by atoms with Crippen molar-refractivity contribution < 1.29 is 19.2 Å². The van der Waals surface area contributed by atoms with E-state index in [9.17, 15) is 9.59 Å². The fraction of sp³-hybridized carbons (Fsp3) is 0.500. The molecule has 26 heavy (non-hydrogen) atoms. The third-order valence-electron chi connectivity index (χ3n) is 5.37. The Balaban J connectivity index is 1.84. The van der Waals surface area contributed by atoms with Gasteiger partial charge in [0.1, 0.15) is 5.69 Å². The summed E-state index contributed by atoms with van der Waals surface area (Å²) < 4.78 is 4.88. The van der Waals surface area contributed by atoms with Crippen LogP contribution in [0.4, 0.5) is 5.69 Å². The van der Waals surface area contributed by atoms with Gasteiger partial charge < -0.3 is 19.9 Å². The quantitative estimate of drug-likeness (QED) is 0.716. The maximum Gasteiger partial charge on any atom is 0.356 e. The summed E-state index contributed by atoms with van der Waals surface area (Å²) in [6.45, 7) is 5.63. The van der Waals surface area contributed by atoms with Crippen LogP contribution in [0.5, 0.6) is 0 Å². The van der Waals surface area contributed by atoms with Gasteiger partial charge >= 0.3 is 5.97 Å². The topological polar surface area (TPSA) is 75.6 Å². The number of carbonyl (C=O) groups is 2. The first-order valence-corrected chi connectivity index (χ1v) is 9.38. The molecule has 3 N–H and O–H groups in total. The Hall–Kier alpha value is -2.34. The largest absolute Gasteiger partial charge is 0.464 e. The molecule has 1 unspecified atom stereocenters. The van der Waals surface area contributed by atoms with Gasteiger partial charge in [0.05, 0.1) is 25.4 Å². The van der Waals surface area contributed by atoms with E-state index in [1.54, 1.807) is 0 Å². The molecule has 6 heteroatoms. The number of likely N-dealkylation sites (tertiary alicyclic amines) is 1. The standard InChI is InChI=1S/C20H27N3O3/c1-4-14-7-5-6-10-23(14)12-17(24)22-18-15-9-8-13(2)11-16(15)21-19(18)20(25)26-3/h8-9,11,14,21H,4-7,10,12H2,1-3H3,(H,22,24)/p+1/t14-/m1/s1. The number of anilines is 1. The molecule has 0 saturated carbocycles. The highest BCUT2D eigenvalue weighted by molar-refractivity contribution is 6.11. The fourth-order valence-corrected chi connectivity index (χ4v) is 3.96. The predicted octanol–water partition coefficient (Wildman–Crippen LogP) is 2.05. The van der Waals surface area contributed by atoms with Crippen LogP contribution in [0.15, 0.2) is 18.2 Å². The van der Waals surface area contributed by atoms with Gasteiger partial charge in [-0.25, -0.2) is 4.79 Å². The van der Waals surface area contributed by atoms with Gasteiger partial charge in [-0.1, -0.05) is 19.1 Å². The first-order chi connectivity index (χ1) is 12.5. The molecule has 140 valence electrons. The molecule has 2 heterocycles. The number of nitrogens with one attached hydrogen (secondary N) is 3. The molecule has 0 aliphatic carbocycles. The second-order valence-corrected chi connectivity index (χ2v) is 7.15. The summed E-state index contributed by atoms with van der Waals surface area (Å²) in [4.78, 5) is 29.3. The van der Waals surface area contributed by atoms with Gasteiger partial charge in [-0.05, 0) is 44.2 Å². The number of esters is 1. The van der Waals surface area contributed by atoms with Gasteiger partial charge in [0.25, 0.3) is 5.91 Å². The molecule has 0 bridgehead atoms. The Labute approximate surface area is 153 Å². The van der Waals surface area contributed by atoms with Crippen LogP contribution >= 0.6 is 0 Å². The lowest BCUT2D eigenvalue weighted by Gasteiger charge is -2.31. The van der Waals surface area contributed by atoms with Gasteiger partial charge in [0, 0.05) is 10.9 Å². The summed E-state index contributed by atoms with van der Waals surface area (Å²) in [5.41, 5.74) is 2.71. The van der Waals surface area contributed by atoms with Crippen LogP contribution in [0.2, 0.25) is 0 Å². The summed E-state index contributed by atoms with van der Waals surface area (Å²) >= 11 is 0. The lowest BCUT2D eigenvalue weighted by atomic mass is 10.00. The third kappa shape index (κ3) is 3.75.